The van der Waals surface area contributed by atoms with Crippen molar-refractivity contribution < 1.29 is 4.39 Å². The fourth-order valence-electron chi connectivity index (χ4n) is 1.28. The van der Waals surface area contributed by atoms with Crippen LogP contribution < -0.4 is 0 Å². The number of rotatable bonds is 0. The molecule has 2 aromatic rings. The Labute approximate surface area is 69.6 Å². The third-order valence-corrected chi connectivity index (χ3v) is 1.90. The maximum atomic E-state index is 13.0. The molecule has 0 atom stereocenters. The van der Waals surface area contributed by atoms with E-state index in [1.807, 2.05) is 13.2 Å². The van der Waals surface area contributed by atoms with Gasteiger partial charge in [0.15, 0.2) is 0 Å². The maximum Gasteiger partial charge on any atom is 0.128 e. The Hall–Kier alpha value is -1.38. The Morgan fingerprint density at radius 3 is 2.92 bits per heavy atom. The minimum Gasteiger partial charge on any atom is -0.275 e. The van der Waals surface area contributed by atoms with Gasteiger partial charge >= 0.3 is 0 Å². The van der Waals surface area contributed by atoms with E-state index in [-0.39, 0.29) is 5.82 Å². The summed E-state index contributed by atoms with van der Waals surface area (Å²) in [4.78, 5) is 0. The molecular formula is C9H9FN2. The number of halogens is 1. The molecule has 2 rings (SSSR count). The standard InChI is InChI=1S/C9H9FN2/c1-6-3-7-5-12(2)11-9(7)4-8(6)10/h3-5H,1-2H3. The summed E-state index contributed by atoms with van der Waals surface area (Å²) in [6.45, 7) is 1.75. The highest BCUT2D eigenvalue weighted by molar-refractivity contribution is 5.78. The van der Waals surface area contributed by atoms with E-state index in [1.165, 1.54) is 6.07 Å². The van der Waals surface area contributed by atoms with E-state index < -0.39 is 0 Å². The van der Waals surface area contributed by atoms with E-state index >= 15 is 0 Å². The molecule has 62 valence electrons. The first kappa shape index (κ1) is 7.28. The summed E-state index contributed by atoms with van der Waals surface area (Å²) in [6.07, 6.45) is 1.88. The van der Waals surface area contributed by atoms with Crippen molar-refractivity contribution >= 4 is 10.9 Å². The summed E-state index contributed by atoms with van der Waals surface area (Å²) < 4.78 is 14.7. The number of benzene rings is 1. The predicted octanol–water partition coefficient (Wildman–Crippen LogP) is 2.02. The van der Waals surface area contributed by atoms with Gasteiger partial charge in [0.2, 0.25) is 0 Å². The molecule has 0 saturated heterocycles. The van der Waals surface area contributed by atoms with Crippen LogP contribution in [-0.2, 0) is 7.05 Å². The van der Waals surface area contributed by atoms with Crippen molar-refractivity contribution in [1.29, 1.82) is 0 Å². The summed E-state index contributed by atoms with van der Waals surface area (Å²) >= 11 is 0. The summed E-state index contributed by atoms with van der Waals surface area (Å²) in [5, 5.41) is 5.07. The molecule has 0 radical (unpaired) electrons. The summed E-state index contributed by atoms with van der Waals surface area (Å²) in [5.74, 6) is -0.193. The second-order valence-electron chi connectivity index (χ2n) is 2.96. The normalized spacial score (nSPS) is 10.9. The average Bonchev–Trinajstić information content (AvgIpc) is 2.30. The second-order valence-corrected chi connectivity index (χ2v) is 2.96. The number of aryl methyl sites for hydroxylation is 2. The SMILES string of the molecule is Cc1cc2cn(C)nc2cc1F. The van der Waals surface area contributed by atoms with Crippen LogP contribution >= 0.6 is 0 Å². The van der Waals surface area contributed by atoms with Crippen LogP contribution in [0.2, 0.25) is 0 Å². The first-order valence-corrected chi connectivity index (χ1v) is 3.76. The molecule has 0 aliphatic carbocycles. The molecule has 0 amide bonds. The van der Waals surface area contributed by atoms with Crippen molar-refractivity contribution in [2.24, 2.45) is 7.05 Å². The van der Waals surface area contributed by atoms with Gasteiger partial charge in [-0.3, -0.25) is 4.68 Å². The number of aromatic nitrogens is 2. The first-order valence-electron chi connectivity index (χ1n) is 3.76. The molecule has 0 fully saturated rings. The van der Waals surface area contributed by atoms with E-state index in [2.05, 4.69) is 5.10 Å². The molecule has 2 nitrogen and oxygen atoms in total. The van der Waals surface area contributed by atoms with Crippen LogP contribution in [0.5, 0.6) is 0 Å². The van der Waals surface area contributed by atoms with E-state index in [0.717, 1.165) is 5.39 Å². The topological polar surface area (TPSA) is 17.8 Å². The fourth-order valence-corrected chi connectivity index (χ4v) is 1.28. The van der Waals surface area contributed by atoms with Crippen LogP contribution in [0, 0.1) is 12.7 Å². The van der Waals surface area contributed by atoms with Crippen LogP contribution in [-0.4, -0.2) is 9.78 Å². The molecule has 12 heavy (non-hydrogen) atoms. The minimum absolute atomic E-state index is 0.193. The smallest absolute Gasteiger partial charge is 0.128 e. The van der Waals surface area contributed by atoms with Gasteiger partial charge in [-0.25, -0.2) is 4.39 Å². The number of hydrogen-bond donors (Lipinski definition) is 0. The van der Waals surface area contributed by atoms with E-state index in [1.54, 1.807) is 17.7 Å². The zero-order valence-corrected chi connectivity index (χ0v) is 7.00. The molecule has 0 aliphatic heterocycles. The van der Waals surface area contributed by atoms with E-state index in [4.69, 9.17) is 0 Å². The highest BCUT2D eigenvalue weighted by atomic mass is 19.1. The van der Waals surface area contributed by atoms with Crippen molar-refractivity contribution in [3.8, 4) is 0 Å². The van der Waals surface area contributed by atoms with Crippen molar-refractivity contribution in [2.45, 2.75) is 6.92 Å². The second kappa shape index (κ2) is 2.30. The largest absolute Gasteiger partial charge is 0.275 e. The Morgan fingerprint density at radius 1 is 1.42 bits per heavy atom. The van der Waals surface area contributed by atoms with Crippen LogP contribution in [0.1, 0.15) is 5.56 Å². The number of fused-ring (bicyclic) bond motifs is 1. The molecular weight excluding hydrogens is 155 g/mol. The van der Waals surface area contributed by atoms with Gasteiger partial charge < -0.3 is 0 Å². The third kappa shape index (κ3) is 0.978. The fraction of sp³-hybridized carbons (Fsp3) is 0.222. The van der Waals surface area contributed by atoms with E-state index in [0.29, 0.717) is 11.1 Å². The predicted molar refractivity (Wildman–Crippen MR) is 45.4 cm³/mol. The molecule has 0 spiro atoms. The van der Waals surface area contributed by atoms with Gasteiger partial charge in [0.25, 0.3) is 0 Å². The lowest BCUT2D eigenvalue weighted by Crippen LogP contribution is -1.85. The maximum absolute atomic E-state index is 13.0. The van der Waals surface area contributed by atoms with Crippen molar-refractivity contribution in [3.63, 3.8) is 0 Å². The lowest BCUT2D eigenvalue weighted by atomic mass is 10.2. The van der Waals surface area contributed by atoms with Crippen LogP contribution in [0.3, 0.4) is 0 Å². The molecule has 1 aromatic heterocycles. The van der Waals surface area contributed by atoms with E-state index in [9.17, 15) is 4.39 Å². The van der Waals surface area contributed by atoms with Gasteiger partial charge in [-0.05, 0) is 18.6 Å². The third-order valence-electron chi connectivity index (χ3n) is 1.90. The van der Waals surface area contributed by atoms with Crippen molar-refractivity contribution in [2.75, 3.05) is 0 Å². The molecule has 3 heteroatoms. The van der Waals surface area contributed by atoms with Gasteiger partial charge in [0.1, 0.15) is 5.82 Å². The molecule has 0 bridgehead atoms. The Kier molecular flexibility index (Phi) is 1.40. The highest BCUT2D eigenvalue weighted by Gasteiger charge is 2.02. The zero-order chi connectivity index (χ0) is 8.72. The molecule has 0 N–H and O–H groups in total. The van der Waals surface area contributed by atoms with Crippen LogP contribution in [0.15, 0.2) is 18.3 Å². The van der Waals surface area contributed by atoms with Crippen molar-refractivity contribution in [3.05, 3.63) is 29.7 Å². The number of hydrogen-bond acceptors (Lipinski definition) is 1. The Bertz CT molecular complexity index is 392. The van der Waals surface area contributed by atoms with Gasteiger partial charge in [0, 0.05) is 24.7 Å². The van der Waals surface area contributed by atoms with Crippen molar-refractivity contribution in [1.82, 2.24) is 9.78 Å². The van der Waals surface area contributed by atoms with Gasteiger partial charge in [0.05, 0.1) is 5.52 Å². The molecule has 0 unspecified atom stereocenters. The number of nitrogens with zero attached hydrogens (tertiary/aromatic N) is 2. The minimum atomic E-state index is -0.193. The molecule has 1 heterocycles. The lowest BCUT2D eigenvalue weighted by Gasteiger charge is -1.93. The molecule has 0 saturated carbocycles. The van der Waals surface area contributed by atoms with Gasteiger partial charge in [-0.15, -0.1) is 0 Å². The average molecular weight is 164 g/mol. The first-order chi connectivity index (χ1) is 5.66. The lowest BCUT2D eigenvalue weighted by molar-refractivity contribution is 0.620. The van der Waals surface area contributed by atoms with Crippen LogP contribution in [0.25, 0.3) is 10.9 Å². The summed E-state index contributed by atoms with van der Waals surface area (Å²) in [6, 6.07) is 3.27. The monoisotopic (exact) mass is 164 g/mol. The summed E-state index contributed by atoms with van der Waals surface area (Å²) in [7, 11) is 1.83. The van der Waals surface area contributed by atoms with Crippen LogP contribution in [0.4, 0.5) is 4.39 Å². The Balaban J connectivity index is 2.83. The molecule has 0 aliphatic rings. The highest BCUT2D eigenvalue weighted by Crippen LogP contribution is 2.16. The van der Waals surface area contributed by atoms with Gasteiger partial charge in [-0.1, -0.05) is 0 Å². The summed E-state index contributed by atoms with van der Waals surface area (Å²) in [5.41, 5.74) is 1.37. The Morgan fingerprint density at radius 2 is 2.17 bits per heavy atom. The molecule has 1 aromatic carbocycles. The van der Waals surface area contributed by atoms with Gasteiger partial charge in [-0.2, -0.15) is 5.10 Å². The quantitative estimate of drug-likeness (QED) is 0.582. The zero-order valence-electron chi connectivity index (χ0n) is 7.00.